The molecule has 1 unspecified atom stereocenters. The van der Waals surface area contributed by atoms with Crippen molar-refractivity contribution in [2.24, 2.45) is 5.92 Å². The molecule has 0 bridgehead atoms. The molecule has 1 aliphatic heterocycles. The Morgan fingerprint density at radius 2 is 2.07 bits per heavy atom. The zero-order valence-electron chi connectivity index (χ0n) is 15.1. The van der Waals surface area contributed by atoms with Crippen LogP contribution >= 0.6 is 0 Å². The zero-order chi connectivity index (χ0) is 18.6. The number of hydrogen-bond donors (Lipinski definition) is 2. The van der Waals surface area contributed by atoms with E-state index in [1.807, 2.05) is 48.5 Å². The number of amides is 1. The molecule has 2 heterocycles. The monoisotopic (exact) mass is 363 g/mol. The Bertz CT molecular complexity index is 934. The van der Waals surface area contributed by atoms with Crippen LogP contribution in [0.2, 0.25) is 0 Å². The minimum atomic E-state index is -0.184. The fourth-order valence-corrected chi connectivity index (χ4v) is 3.28. The van der Waals surface area contributed by atoms with E-state index in [9.17, 15) is 4.79 Å². The van der Waals surface area contributed by atoms with Gasteiger partial charge in [0.25, 0.3) is 0 Å². The lowest BCUT2D eigenvalue weighted by Gasteiger charge is -2.24. The smallest absolute Gasteiger partial charge is 0.227 e. The van der Waals surface area contributed by atoms with Crippen LogP contribution in [0.15, 0.2) is 54.7 Å². The number of para-hydroxylation sites is 1. The summed E-state index contributed by atoms with van der Waals surface area (Å²) >= 11 is 0. The lowest BCUT2D eigenvalue weighted by molar-refractivity contribution is -0.126. The third-order valence-electron chi connectivity index (χ3n) is 4.80. The Labute approximate surface area is 157 Å². The van der Waals surface area contributed by atoms with E-state index >= 15 is 0 Å². The Morgan fingerprint density at radius 3 is 2.89 bits per heavy atom. The van der Waals surface area contributed by atoms with Crippen molar-refractivity contribution in [2.75, 3.05) is 13.7 Å². The van der Waals surface area contributed by atoms with E-state index in [0.717, 1.165) is 33.9 Å². The van der Waals surface area contributed by atoms with E-state index in [0.29, 0.717) is 19.6 Å². The largest absolute Gasteiger partial charge is 0.497 e. The molecule has 1 aromatic heterocycles. The third kappa shape index (κ3) is 3.65. The average Bonchev–Trinajstić information content (AvgIpc) is 3.20. The number of methoxy groups -OCH3 is 1. The number of hydrogen-bond acceptors (Lipinski definition) is 4. The van der Waals surface area contributed by atoms with E-state index in [-0.39, 0.29) is 11.8 Å². The Kier molecular flexibility index (Phi) is 4.78. The second-order valence-electron chi connectivity index (χ2n) is 6.54. The van der Waals surface area contributed by atoms with Gasteiger partial charge in [0.05, 0.1) is 24.9 Å². The number of H-pyrrole nitrogens is 1. The van der Waals surface area contributed by atoms with Crippen molar-refractivity contribution in [3.05, 3.63) is 65.9 Å². The summed E-state index contributed by atoms with van der Waals surface area (Å²) in [6.45, 7) is 0.814. The summed E-state index contributed by atoms with van der Waals surface area (Å²) in [5, 5.41) is 10.2. The van der Waals surface area contributed by atoms with E-state index in [1.54, 1.807) is 13.3 Å². The molecular weight excluding hydrogens is 342 g/mol. The summed E-state index contributed by atoms with van der Waals surface area (Å²) < 4.78 is 10.9. The molecule has 1 aliphatic rings. The number of nitrogens with zero attached hydrogens (tertiary/aromatic N) is 1. The van der Waals surface area contributed by atoms with Crippen molar-refractivity contribution in [1.29, 1.82) is 0 Å². The lowest BCUT2D eigenvalue weighted by atomic mass is 9.96. The molecule has 27 heavy (non-hydrogen) atoms. The van der Waals surface area contributed by atoms with Crippen LogP contribution in [0.3, 0.4) is 0 Å². The van der Waals surface area contributed by atoms with Crippen LogP contribution < -0.4 is 14.8 Å². The summed E-state index contributed by atoms with van der Waals surface area (Å²) in [5.41, 5.74) is 3.90. The van der Waals surface area contributed by atoms with Gasteiger partial charge in [-0.2, -0.15) is 5.10 Å². The van der Waals surface area contributed by atoms with Gasteiger partial charge >= 0.3 is 0 Å². The van der Waals surface area contributed by atoms with Crippen LogP contribution in [0.1, 0.15) is 11.1 Å². The SMILES string of the molecule is COc1ccc(-c2[nH]ncc2CNC(=O)C2COc3ccccc3C2)cc1. The molecule has 6 nitrogen and oxygen atoms in total. The molecule has 0 fully saturated rings. The number of rotatable bonds is 5. The molecular formula is C21H21N3O3. The average molecular weight is 363 g/mol. The van der Waals surface area contributed by atoms with Crippen molar-refractivity contribution in [2.45, 2.75) is 13.0 Å². The third-order valence-corrected chi connectivity index (χ3v) is 4.80. The molecule has 3 aromatic rings. The normalized spacial score (nSPS) is 15.5. The van der Waals surface area contributed by atoms with Crippen LogP contribution in [0.25, 0.3) is 11.3 Å². The van der Waals surface area contributed by atoms with Crippen molar-refractivity contribution in [1.82, 2.24) is 15.5 Å². The van der Waals surface area contributed by atoms with Gasteiger partial charge < -0.3 is 14.8 Å². The number of benzene rings is 2. The zero-order valence-corrected chi connectivity index (χ0v) is 15.1. The summed E-state index contributed by atoms with van der Waals surface area (Å²) in [6.07, 6.45) is 2.44. The fraction of sp³-hybridized carbons (Fsp3) is 0.238. The molecule has 0 aliphatic carbocycles. The first-order chi connectivity index (χ1) is 13.2. The predicted molar refractivity (Wildman–Crippen MR) is 102 cm³/mol. The number of nitrogens with one attached hydrogen (secondary N) is 2. The van der Waals surface area contributed by atoms with Crippen LogP contribution in [0, 0.1) is 5.92 Å². The topological polar surface area (TPSA) is 76.2 Å². The number of aromatic amines is 1. The van der Waals surface area contributed by atoms with Gasteiger partial charge in [-0.15, -0.1) is 0 Å². The lowest BCUT2D eigenvalue weighted by Crippen LogP contribution is -2.37. The summed E-state index contributed by atoms with van der Waals surface area (Å²) in [5.74, 6) is 1.48. The van der Waals surface area contributed by atoms with Gasteiger partial charge in [0.2, 0.25) is 5.91 Å². The van der Waals surface area contributed by atoms with Gasteiger partial charge in [-0.05, 0) is 42.3 Å². The van der Waals surface area contributed by atoms with Gasteiger partial charge in [-0.3, -0.25) is 9.89 Å². The fourth-order valence-electron chi connectivity index (χ4n) is 3.28. The first-order valence-corrected chi connectivity index (χ1v) is 8.89. The number of aromatic nitrogens is 2. The highest BCUT2D eigenvalue weighted by Crippen LogP contribution is 2.27. The molecule has 2 aromatic carbocycles. The molecule has 138 valence electrons. The minimum Gasteiger partial charge on any atom is -0.497 e. The molecule has 0 radical (unpaired) electrons. The molecule has 0 saturated carbocycles. The maximum atomic E-state index is 12.6. The van der Waals surface area contributed by atoms with Gasteiger partial charge in [-0.25, -0.2) is 0 Å². The maximum Gasteiger partial charge on any atom is 0.227 e. The molecule has 6 heteroatoms. The highest BCUT2D eigenvalue weighted by atomic mass is 16.5. The Morgan fingerprint density at radius 1 is 1.26 bits per heavy atom. The van der Waals surface area contributed by atoms with Crippen molar-refractivity contribution in [3.63, 3.8) is 0 Å². The van der Waals surface area contributed by atoms with E-state index in [4.69, 9.17) is 9.47 Å². The van der Waals surface area contributed by atoms with Crippen LogP contribution in [0.4, 0.5) is 0 Å². The Balaban J connectivity index is 1.41. The minimum absolute atomic E-state index is 0.00798. The second kappa shape index (κ2) is 7.53. The number of fused-ring (bicyclic) bond motifs is 1. The predicted octanol–water partition coefficient (Wildman–Crippen LogP) is 2.95. The number of ether oxygens (including phenoxy) is 2. The van der Waals surface area contributed by atoms with Crippen LogP contribution in [0.5, 0.6) is 11.5 Å². The molecule has 1 atom stereocenters. The van der Waals surface area contributed by atoms with Crippen molar-refractivity contribution >= 4 is 5.91 Å². The second-order valence-corrected chi connectivity index (χ2v) is 6.54. The van der Waals surface area contributed by atoms with Crippen LogP contribution in [-0.2, 0) is 17.8 Å². The van der Waals surface area contributed by atoms with Gasteiger partial charge in [-0.1, -0.05) is 18.2 Å². The highest BCUT2D eigenvalue weighted by molar-refractivity contribution is 5.80. The quantitative estimate of drug-likeness (QED) is 0.731. The van der Waals surface area contributed by atoms with Crippen molar-refractivity contribution in [3.8, 4) is 22.8 Å². The van der Waals surface area contributed by atoms with Crippen molar-refractivity contribution < 1.29 is 14.3 Å². The standard InChI is InChI=1S/C21H21N3O3/c1-26-18-8-6-14(7-9-18)20-17(12-23-24-20)11-22-21(25)16-10-15-4-2-3-5-19(15)27-13-16/h2-9,12,16H,10-11,13H2,1H3,(H,22,25)(H,23,24). The van der Waals surface area contributed by atoms with Crippen LogP contribution in [-0.4, -0.2) is 29.8 Å². The molecule has 0 spiro atoms. The van der Waals surface area contributed by atoms with E-state index in [2.05, 4.69) is 15.5 Å². The van der Waals surface area contributed by atoms with E-state index in [1.165, 1.54) is 0 Å². The number of carbonyl (C=O) groups is 1. The highest BCUT2D eigenvalue weighted by Gasteiger charge is 2.25. The maximum absolute atomic E-state index is 12.6. The molecule has 4 rings (SSSR count). The molecule has 1 amide bonds. The first-order valence-electron chi connectivity index (χ1n) is 8.89. The van der Waals surface area contributed by atoms with E-state index < -0.39 is 0 Å². The van der Waals surface area contributed by atoms with Gasteiger partial charge in [0.1, 0.15) is 18.1 Å². The number of carbonyl (C=O) groups excluding carboxylic acids is 1. The summed E-state index contributed by atoms with van der Waals surface area (Å²) in [6, 6.07) is 15.6. The summed E-state index contributed by atoms with van der Waals surface area (Å²) in [7, 11) is 1.64. The van der Waals surface area contributed by atoms with Gasteiger partial charge in [0, 0.05) is 17.7 Å². The molecule has 0 saturated heterocycles. The summed E-state index contributed by atoms with van der Waals surface area (Å²) in [4.78, 5) is 12.6. The first kappa shape index (κ1) is 17.1. The molecule has 2 N–H and O–H groups in total. The van der Waals surface area contributed by atoms with Gasteiger partial charge in [0.15, 0.2) is 0 Å². The Hall–Kier alpha value is -3.28.